The van der Waals surface area contributed by atoms with E-state index in [1.54, 1.807) is 12.4 Å². The number of hydrogen-bond donors (Lipinski definition) is 1. The summed E-state index contributed by atoms with van der Waals surface area (Å²) < 4.78 is 2.01. The van der Waals surface area contributed by atoms with E-state index in [0.29, 0.717) is 0 Å². The van der Waals surface area contributed by atoms with Gasteiger partial charge in [-0.25, -0.2) is 0 Å². The normalized spacial score (nSPS) is 19.6. The third-order valence-electron chi connectivity index (χ3n) is 3.31. The number of fused-ring (bicyclic) bond motifs is 1. The molecule has 90 valence electrons. The van der Waals surface area contributed by atoms with Gasteiger partial charge in [0.2, 0.25) is 0 Å². The number of hydrogen-bond acceptors (Lipinski definition) is 5. The van der Waals surface area contributed by atoms with Gasteiger partial charge in [0.25, 0.3) is 0 Å². The molecule has 1 fully saturated rings. The van der Waals surface area contributed by atoms with Crippen LogP contribution in [0.3, 0.4) is 0 Å². The predicted octanol–water partition coefficient (Wildman–Crippen LogP) is 0.0905. The molecule has 6 heteroatoms. The molecule has 0 aliphatic carbocycles. The van der Waals surface area contributed by atoms with Crippen LogP contribution in [0, 0.1) is 0 Å². The maximum Gasteiger partial charge on any atom is 0.179 e. The molecule has 17 heavy (non-hydrogen) atoms. The topological polar surface area (TPSA) is 58.4 Å². The molecule has 3 rings (SSSR count). The van der Waals surface area contributed by atoms with Crippen LogP contribution in [0.4, 0.5) is 0 Å². The van der Waals surface area contributed by atoms with Crippen LogP contribution < -0.4 is 5.32 Å². The summed E-state index contributed by atoms with van der Waals surface area (Å²) in [5, 5.41) is 11.8. The highest BCUT2D eigenvalue weighted by molar-refractivity contribution is 5.34. The van der Waals surface area contributed by atoms with Crippen molar-refractivity contribution in [3.05, 3.63) is 24.4 Å². The quantitative estimate of drug-likeness (QED) is 0.795. The molecular formula is C11H16N6. The maximum absolute atomic E-state index is 4.28. The molecule has 1 aliphatic rings. The lowest BCUT2D eigenvalue weighted by Gasteiger charge is -2.31. The lowest BCUT2D eigenvalue weighted by atomic mass is 10.2. The van der Waals surface area contributed by atoms with E-state index in [1.165, 1.54) is 0 Å². The standard InChI is InChI=1S/C11H16N6/c1-9(16-5-2-12-3-6-16)11-15-14-10-8-13-4-7-17(10)11/h4,7-9,12H,2-3,5-6H2,1H3. The Morgan fingerprint density at radius 1 is 1.29 bits per heavy atom. The fourth-order valence-electron chi connectivity index (χ4n) is 2.29. The molecule has 1 N–H and O–H groups in total. The van der Waals surface area contributed by atoms with Crippen LogP contribution in [0.15, 0.2) is 18.6 Å². The minimum absolute atomic E-state index is 0.287. The Bertz CT molecular complexity index is 501. The van der Waals surface area contributed by atoms with Crippen molar-refractivity contribution in [2.24, 2.45) is 0 Å². The summed E-state index contributed by atoms with van der Waals surface area (Å²) in [6.45, 7) is 6.38. The number of rotatable bonds is 2. The van der Waals surface area contributed by atoms with E-state index >= 15 is 0 Å². The van der Waals surface area contributed by atoms with E-state index in [0.717, 1.165) is 37.7 Å². The molecule has 0 aromatic carbocycles. The molecule has 0 bridgehead atoms. The van der Waals surface area contributed by atoms with Gasteiger partial charge in [-0.2, -0.15) is 0 Å². The van der Waals surface area contributed by atoms with Crippen molar-refractivity contribution in [3.8, 4) is 0 Å². The molecule has 1 unspecified atom stereocenters. The van der Waals surface area contributed by atoms with Gasteiger partial charge in [-0.15, -0.1) is 10.2 Å². The Balaban J connectivity index is 1.92. The van der Waals surface area contributed by atoms with Crippen LogP contribution in [-0.2, 0) is 0 Å². The van der Waals surface area contributed by atoms with Crippen molar-refractivity contribution in [1.29, 1.82) is 0 Å². The third kappa shape index (κ3) is 1.89. The second-order valence-electron chi connectivity index (χ2n) is 4.32. The first-order chi connectivity index (χ1) is 8.36. The first kappa shape index (κ1) is 10.6. The Labute approximate surface area is 99.7 Å². The molecule has 2 aromatic rings. The van der Waals surface area contributed by atoms with Crippen LogP contribution in [0.1, 0.15) is 18.8 Å². The Kier molecular flexibility index (Phi) is 2.74. The molecule has 1 saturated heterocycles. The molecule has 6 nitrogen and oxygen atoms in total. The highest BCUT2D eigenvalue weighted by atomic mass is 15.3. The van der Waals surface area contributed by atoms with Gasteiger partial charge in [0, 0.05) is 38.6 Å². The van der Waals surface area contributed by atoms with Crippen molar-refractivity contribution in [2.75, 3.05) is 26.2 Å². The minimum atomic E-state index is 0.287. The van der Waals surface area contributed by atoms with Gasteiger partial charge in [0.15, 0.2) is 11.5 Å². The van der Waals surface area contributed by atoms with Gasteiger partial charge in [-0.1, -0.05) is 0 Å². The van der Waals surface area contributed by atoms with Crippen molar-refractivity contribution in [2.45, 2.75) is 13.0 Å². The monoisotopic (exact) mass is 232 g/mol. The van der Waals surface area contributed by atoms with Gasteiger partial charge in [-0.05, 0) is 6.92 Å². The number of aromatic nitrogens is 4. The van der Waals surface area contributed by atoms with E-state index in [1.807, 2.05) is 10.6 Å². The smallest absolute Gasteiger partial charge is 0.179 e. The van der Waals surface area contributed by atoms with Gasteiger partial charge in [0.05, 0.1) is 12.2 Å². The van der Waals surface area contributed by atoms with Crippen LogP contribution in [0.25, 0.3) is 5.65 Å². The Hall–Kier alpha value is -1.53. The van der Waals surface area contributed by atoms with Crippen molar-refractivity contribution in [3.63, 3.8) is 0 Å². The summed E-state index contributed by atoms with van der Waals surface area (Å²) in [6.07, 6.45) is 5.43. The maximum atomic E-state index is 4.28. The van der Waals surface area contributed by atoms with Crippen molar-refractivity contribution in [1.82, 2.24) is 29.8 Å². The van der Waals surface area contributed by atoms with Gasteiger partial charge in [-0.3, -0.25) is 14.3 Å². The molecule has 0 spiro atoms. The average Bonchev–Trinajstić information content (AvgIpc) is 2.83. The van der Waals surface area contributed by atoms with Gasteiger partial charge < -0.3 is 5.32 Å². The minimum Gasteiger partial charge on any atom is -0.314 e. The Morgan fingerprint density at radius 2 is 2.12 bits per heavy atom. The van der Waals surface area contributed by atoms with Gasteiger partial charge >= 0.3 is 0 Å². The molecule has 3 heterocycles. The van der Waals surface area contributed by atoms with Gasteiger partial charge in [0.1, 0.15) is 0 Å². The van der Waals surface area contributed by atoms with Crippen LogP contribution in [0.5, 0.6) is 0 Å². The Morgan fingerprint density at radius 3 is 2.94 bits per heavy atom. The largest absolute Gasteiger partial charge is 0.314 e. The van der Waals surface area contributed by atoms with Crippen LogP contribution >= 0.6 is 0 Å². The zero-order valence-corrected chi connectivity index (χ0v) is 9.87. The summed E-state index contributed by atoms with van der Waals surface area (Å²) in [5.41, 5.74) is 0.810. The van der Waals surface area contributed by atoms with E-state index in [4.69, 9.17) is 0 Å². The fraction of sp³-hybridized carbons (Fsp3) is 0.545. The predicted molar refractivity (Wildman–Crippen MR) is 63.6 cm³/mol. The zero-order valence-electron chi connectivity index (χ0n) is 9.87. The van der Waals surface area contributed by atoms with E-state index in [9.17, 15) is 0 Å². The number of piperazine rings is 1. The van der Waals surface area contributed by atoms with E-state index in [-0.39, 0.29) is 6.04 Å². The molecule has 2 aromatic heterocycles. The highest BCUT2D eigenvalue weighted by Crippen LogP contribution is 2.18. The van der Waals surface area contributed by atoms with Crippen LogP contribution in [-0.4, -0.2) is 50.7 Å². The second kappa shape index (κ2) is 4.38. The second-order valence-corrected chi connectivity index (χ2v) is 4.32. The zero-order chi connectivity index (χ0) is 11.7. The summed E-state index contributed by atoms with van der Waals surface area (Å²) in [6, 6.07) is 0.287. The summed E-state index contributed by atoms with van der Waals surface area (Å²) in [4.78, 5) is 6.48. The molecular weight excluding hydrogens is 216 g/mol. The first-order valence-corrected chi connectivity index (χ1v) is 5.95. The lowest BCUT2D eigenvalue weighted by Crippen LogP contribution is -2.44. The average molecular weight is 232 g/mol. The van der Waals surface area contributed by atoms with Crippen molar-refractivity contribution >= 4 is 5.65 Å². The SMILES string of the molecule is CC(c1nnc2cnccn12)N1CCNCC1. The van der Waals surface area contributed by atoms with Crippen LogP contribution in [0.2, 0.25) is 0 Å². The summed E-state index contributed by atoms with van der Waals surface area (Å²) in [7, 11) is 0. The fourth-order valence-corrected chi connectivity index (χ4v) is 2.29. The van der Waals surface area contributed by atoms with Crippen molar-refractivity contribution < 1.29 is 0 Å². The van der Waals surface area contributed by atoms with E-state index < -0.39 is 0 Å². The lowest BCUT2D eigenvalue weighted by molar-refractivity contribution is 0.178. The third-order valence-corrected chi connectivity index (χ3v) is 3.31. The summed E-state index contributed by atoms with van der Waals surface area (Å²) in [5.74, 6) is 0.990. The number of nitrogens with one attached hydrogen (secondary N) is 1. The highest BCUT2D eigenvalue weighted by Gasteiger charge is 2.21. The molecule has 0 amide bonds. The molecule has 0 radical (unpaired) electrons. The number of nitrogens with zero attached hydrogens (tertiary/aromatic N) is 5. The first-order valence-electron chi connectivity index (χ1n) is 5.95. The molecule has 1 aliphatic heterocycles. The molecule has 1 atom stereocenters. The molecule has 0 saturated carbocycles. The summed E-state index contributed by atoms with van der Waals surface area (Å²) >= 11 is 0. The van der Waals surface area contributed by atoms with E-state index in [2.05, 4.69) is 32.3 Å².